The maximum atomic E-state index is 12.1. The molecule has 9 heteroatoms. The summed E-state index contributed by atoms with van der Waals surface area (Å²) in [4.78, 5) is 25.6. The van der Waals surface area contributed by atoms with Gasteiger partial charge in [0.05, 0.1) is 25.7 Å². The molecule has 1 saturated heterocycles. The number of amides is 2. The van der Waals surface area contributed by atoms with E-state index in [1.165, 1.54) is 26.0 Å². The van der Waals surface area contributed by atoms with E-state index in [0.717, 1.165) is 0 Å². The van der Waals surface area contributed by atoms with Gasteiger partial charge in [0.15, 0.2) is 21.3 Å². The van der Waals surface area contributed by atoms with Crippen LogP contribution in [0.1, 0.15) is 19.8 Å². The number of methoxy groups -OCH3 is 2. The van der Waals surface area contributed by atoms with Gasteiger partial charge in [-0.1, -0.05) is 0 Å². The van der Waals surface area contributed by atoms with Crippen molar-refractivity contribution in [1.82, 2.24) is 5.32 Å². The van der Waals surface area contributed by atoms with Crippen molar-refractivity contribution < 1.29 is 27.5 Å². The van der Waals surface area contributed by atoms with Crippen LogP contribution in [0.15, 0.2) is 18.2 Å². The summed E-state index contributed by atoms with van der Waals surface area (Å²) in [6, 6.07) is 4.72. The van der Waals surface area contributed by atoms with Crippen molar-refractivity contribution in [2.75, 3.05) is 37.2 Å². The summed E-state index contributed by atoms with van der Waals surface area (Å²) >= 11 is 0. The molecule has 144 valence electrons. The zero-order valence-electron chi connectivity index (χ0n) is 15.1. The molecule has 0 aliphatic carbocycles. The Hall–Kier alpha value is -2.29. The zero-order valence-corrected chi connectivity index (χ0v) is 16.0. The molecule has 0 saturated carbocycles. The van der Waals surface area contributed by atoms with Crippen LogP contribution in [0.4, 0.5) is 5.69 Å². The molecule has 1 aliphatic heterocycles. The van der Waals surface area contributed by atoms with Gasteiger partial charge in [0, 0.05) is 37.7 Å². The van der Waals surface area contributed by atoms with Gasteiger partial charge in [-0.05, 0) is 18.6 Å². The number of benzene rings is 1. The first-order valence-electron chi connectivity index (χ1n) is 8.25. The molecule has 1 N–H and O–H groups in total. The smallest absolute Gasteiger partial charge is 0.223 e. The van der Waals surface area contributed by atoms with Crippen LogP contribution in [0, 0.1) is 0 Å². The fourth-order valence-electron chi connectivity index (χ4n) is 2.88. The van der Waals surface area contributed by atoms with Crippen LogP contribution in [0.5, 0.6) is 11.5 Å². The summed E-state index contributed by atoms with van der Waals surface area (Å²) in [7, 11) is -0.0237. The topological polar surface area (TPSA) is 102 Å². The molecule has 8 nitrogen and oxygen atoms in total. The van der Waals surface area contributed by atoms with Crippen molar-refractivity contribution in [3.05, 3.63) is 18.2 Å². The number of sulfone groups is 1. The molecule has 0 radical (unpaired) electrons. The Morgan fingerprint density at radius 1 is 1.23 bits per heavy atom. The van der Waals surface area contributed by atoms with Crippen molar-refractivity contribution in [2.45, 2.75) is 25.8 Å². The average Bonchev–Trinajstić information content (AvgIpc) is 2.92. The van der Waals surface area contributed by atoms with Gasteiger partial charge >= 0.3 is 0 Å². The Morgan fingerprint density at radius 2 is 1.92 bits per heavy atom. The quantitative estimate of drug-likeness (QED) is 0.744. The van der Waals surface area contributed by atoms with Gasteiger partial charge in [-0.15, -0.1) is 0 Å². The fraction of sp³-hybridized carbons (Fsp3) is 0.529. The lowest BCUT2D eigenvalue weighted by Crippen LogP contribution is -2.38. The van der Waals surface area contributed by atoms with Crippen LogP contribution in [0.3, 0.4) is 0 Å². The maximum Gasteiger partial charge on any atom is 0.223 e. The Kier molecular flexibility index (Phi) is 6.47. The molecule has 1 unspecified atom stereocenters. The van der Waals surface area contributed by atoms with Crippen LogP contribution in [-0.2, 0) is 19.4 Å². The normalized spacial score (nSPS) is 18.2. The summed E-state index contributed by atoms with van der Waals surface area (Å²) in [6.45, 7) is 1.59. The third-order valence-corrected chi connectivity index (χ3v) is 5.99. The Labute approximate surface area is 153 Å². The Bertz CT molecular complexity index is 777. The van der Waals surface area contributed by atoms with Gasteiger partial charge in [-0.2, -0.15) is 0 Å². The third-order valence-electron chi connectivity index (χ3n) is 4.22. The number of carbonyl (C=O) groups is 2. The van der Waals surface area contributed by atoms with Crippen LogP contribution < -0.4 is 19.7 Å². The van der Waals surface area contributed by atoms with E-state index in [1.54, 1.807) is 18.2 Å². The third kappa shape index (κ3) is 5.10. The fourth-order valence-corrected chi connectivity index (χ4v) is 4.56. The SMILES string of the molecule is COc1ccc(N(CCC(=O)NC2CCS(=O)(=O)C2)C(C)=O)cc1OC. The Balaban J connectivity index is 2.00. The lowest BCUT2D eigenvalue weighted by molar-refractivity contribution is -0.121. The highest BCUT2D eigenvalue weighted by Gasteiger charge is 2.29. The van der Waals surface area contributed by atoms with Crippen molar-refractivity contribution in [3.63, 3.8) is 0 Å². The van der Waals surface area contributed by atoms with E-state index in [4.69, 9.17) is 9.47 Å². The number of hydrogen-bond donors (Lipinski definition) is 1. The molecule has 0 aromatic heterocycles. The van der Waals surface area contributed by atoms with E-state index in [2.05, 4.69) is 5.32 Å². The molecule has 0 bridgehead atoms. The van der Waals surface area contributed by atoms with E-state index >= 15 is 0 Å². The average molecular weight is 384 g/mol. The summed E-state index contributed by atoms with van der Waals surface area (Å²) < 4.78 is 33.3. The van der Waals surface area contributed by atoms with E-state index in [0.29, 0.717) is 23.6 Å². The first-order chi connectivity index (χ1) is 12.3. The predicted molar refractivity (Wildman–Crippen MR) is 97.4 cm³/mol. The summed E-state index contributed by atoms with van der Waals surface area (Å²) in [5, 5.41) is 2.72. The lowest BCUT2D eigenvalue weighted by atomic mass is 10.2. The monoisotopic (exact) mass is 384 g/mol. The maximum absolute atomic E-state index is 12.1. The highest BCUT2D eigenvalue weighted by Crippen LogP contribution is 2.31. The molecule has 0 spiro atoms. The summed E-state index contributed by atoms with van der Waals surface area (Å²) in [5.41, 5.74) is 0.589. The number of nitrogens with one attached hydrogen (secondary N) is 1. The van der Waals surface area contributed by atoms with E-state index in [1.807, 2.05) is 0 Å². The summed E-state index contributed by atoms with van der Waals surface area (Å²) in [6.07, 6.45) is 0.505. The number of anilines is 1. The second kappa shape index (κ2) is 8.39. The second-order valence-electron chi connectivity index (χ2n) is 6.13. The highest BCUT2D eigenvalue weighted by atomic mass is 32.2. The van der Waals surface area contributed by atoms with Gasteiger partial charge < -0.3 is 19.7 Å². The molecule has 1 aromatic carbocycles. The second-order valence-corrected chi connectivity index (χ2v) is 8.36. The largest absolute Gasteiger partial charge is 0.493 e. The minimum atomic E-state index is -3.05. The van der Waals surface area contributed by atoms with Crippen molar-refractivity contribution in [1.29, 1.82) is 0 Å². The molecule has 1 atom stereocenters. The van der Waals surface area contributed by atoms with Crippen LogP contribution in [0.2, 0.25) is 0 Å². The van der Waals surface area contributed by atoms with Gasteiger partial charge in [0.25, 0.3) is 0 Å². The zero-order chi connectivity index (χ0) is 19.3. The Morgan fingerprint density at radius 3 is 2.46 bits per heavy atom. The van der Waals surface area contributed by atoms with Crippen molar-refractivity contribution in [3.8, 4) is 11.5 Å². The van der Waals surface area contributed by atoms with Crippen LogP contribution >= 0.6 is 0 Å². The molecule has 26 heavy (non-hydrogen) atoms. The number of hydrogen-bond acceptors (Lipinski definition) is 6. The van der Waals surface area contributed by atoms with Crippen LogP contribution in [-0.4, -0.2) is 58.5 Å². The molecular weight excluding hydrogens is 360 g/mol. The standard InChI is InChI=1S/C17H24N2O6S/c1-12(20)19(14-4-5-15(24-2)16(10-14)25-3)8-6-17(21)18-13-7-9-26(22,23)11-13/h4-5,10,13H,6-9,11H2,1-3H3,(H,18,21). The molecule has 1 fully saturated rings. The first-order valence-corrected chi connectivity index (χ1v) is 10.1. The minimum Gasteiger partial charge on any atom is -0.493 e. The highest BCUT2D eigenvalue weighted by molar-refractivity contribution is 7.91. The number of carbonyl (C=O) groups excluding carboxylic acids is 2. The van der Waals surface area contributed by atoms with Gasteiger partial charge in [-0.25, -0.2) is 8.42 Å². The van der Waals surface area contributed by atoms with Gasteiger partial charge in [-0.3, -0.25) is 9.59 Å². The van der Waals surface area contributed by atoms with Gasteiger partial charge in [0.1, 0.15) is 0 Å². The predicted octanol–water partition coefficient (Wildman–Crippen LogP) is 0.750. The van der Waals surface area contributed by atoms with Gasteiger partial charge in [0.2, 0.25) is 11.8 Å². The van der Waals surface area contributed by atoms with Crippen LogP contribution in [0.25, 0.3) is 0 Å². The molecule has 1 aliphatic rings. The molecular formula is C17H24N2O6S. The summed E-state index contributed by atoms with van der Waals surface area (Å²) in [5.74, 6) is 0.609. The number of ether oxygens (including phenoxy) is 2. The molecule has 1 aromatic rings. The molecule has 2 amide bonds. The van der Waals surface area contributed by atoms with E-state index < -0.39 is 9.84 Å². The molecule has 1 heterocycles. The lowest BCUT2D eigenvalue weighted by Gasteiger charge is -2.22. The minimum absolute atomic E-state index is 0.0230. The van der Waals surface area contributed by atoms with Crippen molar-refractivity contribution in [2.24, 2.45) is 0 Å². The van der Waals surface area contributed by atoms with Crippen molar-refractivity contribution >= 4 is 27.3 Å². The van der Waals surface area contributed by atoms with E-state index in [-0.39, 0.29) is 42.3 Å². The number of nitrogens with zero attached hydrogens (tertiary/aromatic N) is 1. The number of rotatable bonds is 7. The molecule has 2 rings (SSSR count). The first kappa shape index (κ1) is 20.0. The van der Waals surface area contributed by atoms with E-state index in [9.17, 15) is 18.0 Å².